The number of fused-ring (bicyclic) bond motifs is 1. The smallest absolute Gasteiger partial charge is 0.267 e. The summed E-state index contributed by atoms with van der Waals surface area (Å²) in [5, 5.41) is 5.13. The van der Waals surface area contributed by atoms with E-state index in [4.69, 9.17) is 5.73 Å². The number of hydrogen-bond donors (Lipinski definition) is 1. The first-order chi connectivity index (χ1) is 13.5. The predicted octanol–water partition coefficient (Wildman–Crippen LogP) is 1.87. The van der Waals surface area contributed by atoms with Crippen LogP contribution in [0.25, 0.3) is 22.0 Å². The number of rotatable bonds is 5. The predicted molar refractivity (Wildman–Crippen MR) is 102 cm³/mol. The second-order valence-corrected chi connectivity index (χ2v) is 6.73. The fourth-order valence-electron chi connectivity index (χ4n) is 3.39. The fourth-order valence-corrected chi connectivity index (χ4v) is 3.39. The van der Waals surface area contributed by atoms with Crippen LogP contribution in [0.2, 0.25) is 0 Å². The quantitative estimate of drug-likeness (QED) is 0.682. The van der Waals surface area contributed by atoms with Gasteiger partial charge < -0.3 is 5.73 Å². The molecule has 0 saturated carbocycles. The van der Waals surface area contributed by atoms with Crippen molar-refractivity contribution in [3.63, 3.8) is 0 Å². The molecule has 1 aromatic carbocycles. The molecule has 0 bridgehead atoms. The largest absolute Gasteiger partial charge is 0.364 e. The Balaban J connectivity index is 1.80. The first kappa shape index (κ1) is 17.8. The van der Waals surface area contributed by atoms with Crippen LogP contribution in [0.4, 0.5) is 0 Å². The van der Waals surface area contributed by atoms with Gasteiger partial charge in [-0.25, -0.2) is 4.98 Å². The number of imide groups is 1. The van der Waals surface area contributed by atoms with Crippen LogP contribution in [0.1, 0.15) is 35.8 Å². The number of hydrogen-bond acceptors (Lipinski definition) is 5. The molecule has 3 heterocycles. The fraction of sp³-hybridized carbons (Fsp3) is 0.250. The molecule has 2 aromatic heterocycles. The third kappa shape index (κ3) is 3.13. The topological polar surface area (TPSA) is 111 Å². The number of benzene rings is 1. The Morgan fingerprint density at radius 3 is 2.57 bits per heavy atom. The van der Waals surface area contributed by atoms with Gasteiger partial charge in [0, 0.05) is 36.5 Å². The Hall–Kier alpha value is -3.55. The summed E-state index contributed by atoms with van der Waals surface area (Å²) in [6, 6.07) is 7.19. The number of likely N-dealkylation sites (tertiary alicyclic amines) is 1. The molecule has 0 aliphatic carbocycles. The van der Waals surface area contributed by atoms with E-state index in [1.165, 1.54) is 4.90 Å². The molecule has 1 saturated heterocycles. The summed E-state index contributed by atoms with van der Waals surface area (Å²) in [7, 11) is 0. The summed E-state index contributed by atoms with van der Waals surface area (Å²) >= 11 is 0. The van der Waals surface area contributed by atoms with E-state index in [9.17, 15) is 14.4 Å². The zero-order valence-electron chi connectivity index (χ0n) is 15.4. The minimum Gasteiger partial charge on any atom is -0.364 e. The van der Waals surface area contributed by atoms with Gasteiger partial charge in [-0.1, -0.05) is 12.1 Å². The lowest BCUT2D eigenvalue weighted by Crippen LogP contribution is -2.28. The molecule has 8 nitrogen and oxygen atoms in total. The molecule has 0 spiro atoms. The Morgan fingerprint density at radius 2 is 1.93 bits per heavy atom. The van der Waals surface area contributed by atoms with Gasteiger partial charge in [0.15, 0.2) is 0 Å². The highest BCUT2D eigenvalue weighted by atomic mass is 16.2. The van der Waals surface area contributed by atoms with E-state index in [-0.39, 0.29) is 36.9 Å². The number of amides is 3. The lowest BCUT2D eigenvalue weighted by Gasteiger charge is -2.15. The van der Waals surface area contributed by atoms with Gasteiger partial charge in [0.05, 0.1) is 18.3 Å². The van der Waals surface area contributed by atoms with Crippen LogP contribution in [-0.4, -0.2) is 37.4 Å². The Labute approximate surface area is 160 Å². The summed E-state index contributed by atoms with van der Waals surface area (Å²) < 4.78 is 1.80. The summed E-state index contributed by atoms with van der Waals surface area (Å²) in [5.74, 6) is -0.963. The number of pyridine rings is 1. The van der Waals surface area contributed by atoms with E-state index in [2.05, 4.69) is 10.1 Å². The molecule has 0 unspecified atom stereocenters. The molecule has 0 atom stereocenters. The number of nitrogens with two attached hydrogens (primary N) is 1. The van der Waals surface area contributed by atoms with Crippen LogP contribution < -0.4 is 5.73 Å². The highest BCUT2D eigenvalue weighted by Gasteiger charge is 2.28. The Bertz CT molecular complexity index is 1100. The van der Waals surface area contributed by atoms with Crippen molar-refractivity contribution in [2.75, 3.05) is 0 Å². The molecule has 2 N–H and O–H groups in total. The first-order valence-electron chi connectivity index (χ1n) is 9.05. The van der Waals surface area contributed by atoms with Gasteiger partial charge in [0.25, 0.3) is 5.91 Å². The summed E-state index contributed by atoms with van der Waals surface area (Å²) in [5.41, 5.74) is 8.62. The standard InChI is InChI=1S/C20H19N5O3/c1-2-24-11-13(9-22-24)15-8-17(20(21)28)23-16-7-12(3-4-14(15)16)10-25-18(26)5-6-19(25)27/h3-4,7-9,11H,2,5-6,10H2,1H3,(H2,21,28). The Kier molecular flexibility index (Phi) is 4.38. The monoisotopic (exact) mass is 377 g/mol. The van der Waals surface area contributed by atoms with Gasteiger partial charge in [-0.2, -0.15) is 5.10 Å². The van der Waals surface area contributed by atoms with Gasteiger partial charge in [0.2, 0.25) is 11.8 Å². The number of carbonyl (C=O) groups excluding carboxylic acids is 3. The van der Waals surface area contributed by atoms with Gasteiger partial charge in [-0.15, -0.1) is 0 Å². The zero-order chi connectivity index (χ0) is 19.8. The molecule has 142 valence electrons. The molecule has 8 heteroatoms. The van der Waals surface area contributed by atoms with Gasteiger partial charge in [-0.05, 0) is 30.2 Å². The van der Waals surface area contributed by atoms with Gasteiger partial charge in [-0.3, -0.25) is 24.0 Å². The van der Waals surface area contributed by atoms with Crippen molar-refractivity contribution in [2.45, 2.75) is 32.9 Å². The molecular weight excluding hydrogens is 358 g/mol. The molecule has 4 rings (SSSR count). The summed E-state index contributed by atoms with van der Waals surface area (Å²) in [6.07, 6.45) is 4.14. The molecule has 1 aliphatic rings. The van der Waals surface area contributed by atoms with Crippen LogP contribution in [0.5, 0.6) is 0 Å². The van der Waals surface area contributed by atoms with Crippen LogP contribution >= 0.6 is 0 Å². The van der Waals surface area contributed by atoms with E-state index < -0.39 is 5.91 Å². The Morgan fingerprint density at radius 1 is 1.18 bits per heavy atom. The minimum atomic E-state index is -0.624. The van der Waals surface area contributed by atoms with E-state index in [1.54, 1.807) is 23.0 Å². The van der Waals surface area contributed by atoms with Gasteiger partial charge >= 0.3 is 0 Å². The minimum absolute atomic E-state index is 0.150. The number of aromatic nitrogens is 3. The third-order valence-electron chi connectivity index (χ3n) is 4.89. The molecule has 3 aromatic rings. The summed E-state index contributed by atoms with van der Waals surface area (Å²) in [4.78, 5) is 41.2. The van der Waals surface area contributed by atoms with Crippen molar-refractivity contribution < 1.29 is 14.4 Å². The number of nitrogens with zero attached hydrogens (tertiary/aromatic N) is 4. The number of aryl methyl sites for hydroxylation is 1. The number of primary amides is 1. The lowest BCUT2D eigenvalue weighted by molar-refractivity contribution is -0.139. The molecule has 1 aliphatic heterocycles. The molecule has 1 fully saturated rings. The molecule has 0 radical (unpaired) electrons. The zero-order valence-corrected chi connectivity index (χ0v) is 15.4. The van der Waals surface area contributed by atoms with E-state index in [0.717, 1.165) is 28.6 Å². The second kappa shape index (κ2) is 6.88. The summed E-state index contributed by atoms with van der Waals surface area (Å²) in [6.45, 7) is 2.91. The SMILES string of the molecule is CCn1cc(-c2cc(C(N)=O)nc3cc(CN4C(=O)CCC4=O)ccc23)cn1. The maximum absolute atomic E-state index is 11.9. The highest BCUT2D eigenvalue weighted by Crippen LogP contribution is 2.30. The molecule has 28 heavy (non-hydrogen) atoms. The van der Waals surface area contributed by atoms with Crippen molar-refractivity contribution >= 4 is 28.6 Å². The average Bonchev–Trinajstić information content (AvgIpc) is 3.29. The second-order valence-electron chi connectivity index (χ2n) is 6.73. The van der Waals surface area contributed by atoms with Crippen molar-refractivity contribution in [2.24, 2.45) is 5.73 Å². The van der Waals surface area contributed by atoms with Crippen LogP contribution in [0.15, 0.2) is 36.7 Å². The van der Waals surface area contributed by atoms with Crippen molar-refractivity contribution in [1.82, 2.24) is 19.7 Å². The van der Waals surface area contributed by atoms with Crippen molar-refractivity contribution in [3.05, 3.63) is 47.9 Å². The highest BCUT2D eigenvalue weighted by molar-refractivity contribution is 6.02. The first-order valence-corrected chi connectivity index (χ1v) is 9.05. The van der Waals surface area contributed by atoms with Gasteiger partial charge in [0.1, 0.15) is 5.69 Å². The van der Waals surface area contributed by atoms with Crippen molar-refractivity contribution in [3.8, 4) is 11.1 Å². The lowest BCUT2D eigenvalue weighted by atomic mass is 10.0. The van der Waals surface area contributed by atoms with E-state index in [0.29, 0.717) is 5.52 Å². The van der Waals surface area contributed by atoms with E-state index in [1.807, 2.05) is 25.3 Å². The van der Waals surface area contributed by atoms with Crippen LogP contribution in [0.3, 0.4) is 0 Å². The maximum atomic E-state index is 11.9. The maximum Gasteiger partial charge on any atom is 0.267 e. The van der Waals surface area contributed by atoms with Crippen LogP contribution in [0, 0.1) is 0 Å². The average molecular weight is 377 g/mol. The normalized spacial score (nSPS) is 14.2. The number of carbonyl (C=O) groups is 3. The van der Waals surface area contributed by atoms with Crippen molar-refractivity contribution in [1.29, 1.82) is 0 Å². The third-order valence-corrected chi connectivity index (χ3v) is 4.89. The molecular formula is C20H19N5O3. The molecule has 3 amide bonds. The van der Waals surface area contributed by atoms with E-state index >= 15 is 0 Å². The van der Waals surface area contributed by atoms with Crippen LogP contribution in [-0.2, 0) is 22.7 Å².